The fourth-order valence-corrected chi connectivity index (χ4v) is 5.15. The number of methoxy groups -OCH3 is 2. The molecule has 3 aromatic carbocycles. The number of aromatic nitrogens is 2. The summed E-state index contributed by atoms with van der Waals surface area (Å²) in [6, 6.07) is 22.0. The molecule has 7 heteroatoms. The van der Waals surface area contributed by atoms with Crippen LogP contribution in [0.5, 0.6) is 17.2 Å². The highest BCUT2D eigenvalue weighted by atomic mass is 16.5. The minimum absolute atomic E-state index is 0.0522. The van der Waals surface area contributed by atoms with E-state index in [0.29, 0.717) is 42.7 Å². The summed E-state index contributed by atoms with van der Waals surface area (Å²) >= 11 is 0. The fourth-order valence-electron chi connectivity index (χ4n) is 5.15. The number of benzene rings is 3. The van der Waals surface area contributed by atoms with Gasteiger partial charge in [-0.25, -0.2) is 0 Å². The van der Waals surface area contributed by atoms with E-state index in [4.69, 9.17) is 14.2 Å². The summed E-state index contributed by atoms with van der Waals surface area (Å²) in [5.74, 6) is 2.72. The first-order chi connectivity index (χ1) is 19.4. The van der Waals surface area contributed by atoms with Gasteiger partial charge in [0, 0.05) is 17.7 Å². The molecular weight excluding hydrogens is 502 g/mol. The Bertz CT molecular complexity index is 1460. The highest BCUT2D eigenvalue weighted by Crippen LogP contribution is 2.43. The van der Waals surface area contributed by atoms with Crippen molar-refractivity contribution >= 4 is 5.91 Å². The highest BCUT2D eigenvalue weighted by molar-refractivity contribution is 6.00. The molecule has 0 saturated heterocycles. The number of carbonyl (C=O) groups excluding carboxylic acids is 1. The third kappa shape index (κ3) is 5.55. The molecule has 0 fully saturated rings. The quantitative estimate of drug-likeness (QED) is 0.232. The summed E-state index contributed by atoms with van der Waals surface area (Å²) in [7, 11) is 3.25. The van der Waals surface area contributed by atoms with Gasteiger partial charge in [-0.2, -0.15) is 5.10 Å². The Morgan fingerprint density at radius 1 is 0.950 bits per heavy atom. The number of fused-ring (bicyclic) bond motifs is 1. The van der Waals surface area contributed by atoms with Gasteiger partial charge in [0.1, 0.15) is 11.4 Å². The molecule has 1 N–H and O–H groups in total. The average molecular weight is 540 g/mol. The van der Waals surface area contributed by atoms with Crippen molar-refractivity contribution < 1.29 is 19.0 Å². The van der Waals surface area contributed by atoms with E-state index in [0.717, 1.165) is 40.1 Å². The van der Waals surface area contributed by atoms with E-state index in [-0.39, 0.29) is 11.9 Å². The SMILES string of the molecule is COc1ccc(CCN2C(=O)c3[nH]nc(-c4ccc(C)cc4)c3C2c2ccc(OCCC(C)C)cc2)cc1OC. The standard InChI is InChI=1S/C33H37N3O4/c1-21(2)17-19-40-26-13-11-25(12-14-26)32-29-30(24-9-6-22(3)7-10-24)34-35-31(29)33(37)36(32)18-16-23-8-15-27(38-4)28(20-23)39-5/h6-15,20-21,32H,16-19H2,1-5H3,(H,34,35). The number of carbonyl (C=O) groups is 1. The van der Waals surface area contributed by atoms with Gasteiger partial charge in [-0.05, 0) is 61.1 Å². The summed E-state index contributed by atoms with van der Waals surface area (Å²) < 4.78 is 16.8. The van der Waals surface area contributed by atoms with Gasteiger partial charge >= 0.3 is 0 Å². The van der Waals surface area contributed by atoms with Crippen LogP contribution in [0, 0.1) is 12.8 Å². The van der Waals surface area contributed by atoms with Crippen molar-refractivity contribution in [2.75, 3.05) is 27.4 Å². The lowest BCUT2D eigenvalue weighted by molar-refractivity contribution is 0.0746. The highest BCUT2D eigenvalue weighted by Gasteiger charge is 2.42. The number of H-pyrrole nitrogens is 1. The van der Waals surface area contributed by atoms with Crippen molar-refractivity contribution in [3.8, 4) is 28.5 Å². The van der Waals surface area contributed by atoms with Gasteiger partial charge in [-0.3, -0.25) is 9.89 Å². The molecule has 1 atom stereocenters. The van der Waals surface area contributed by atoms with Crippen molar-refractivity contribution in [2.24, 2.45) is 5.92 Å². The third-order valence-electron chi connectivity index (χ3n) is 7.44. The van der Waals surface area contributed by atoms with E-state index in [1.54, 1.807) is 14.2 Å². The van der Waals surface area contributed by atoms with Crippen molar-refractivity contribution in [2.45, 2.75) is 39.7 Å². The zero-order valence-corrected chi connectivity index (χ0v) is 23.9. The summed E-state index contributed by atoms with van der Waals surface area (Å²) in [5.41, 5.74) is 6.50. The number of ether oxygens (including phenoxy) is 3. The number of rotatable bonds is 11. The number of nitrogens with zero attached hydrogens (tertiary/aromatic N) is 2. The summed E-state index contributed by atoms with van der Waals surface area (Å²) in [6.07, 6.45) is 1.66. The van der Waals surface area contributed by atoms with Crippen LogP contribution in [0.2, 0.25) is 0 Å². The van der Waals surface area contributed by atoms with Gasteiger partial charge in [0.05, 0.1) is 32.6 Å². The Morgan fingerprint density at radius 3 is 2.35 bits per heavy atom. The zero-order chi connectivity index (χ0) is 28.2. The van der Waals surface area contributed by atoms with Crippen LogP contribution in [0.4, 0.5) is 0 Å². The number of aryl methyl sites for hydroxylation is 1. The van der Waals surface area contributed by atoms with E-state index in [1.807, 2.05) is 35.2 Å². The molecule has 1 aliphatic heterocycles. The predicted molar refractivity (Wildman–Crippen MR) is 156 cm³/mol. The average Bonchev–Trinajstić information content (AvgIpc) is 3.51. The molecule has 0 saturated carbocycles. The van der Waals surface area contributed by atoms with Crippen molar-refractivity contribution in [1.82, 2.24) is 15.1 Å². The van der Waals surface area contributed by atoms with Gasteiger partial charge in [-0.1, -0.05) is 61.9 Å². The van der Waals surface area contributed by atoms with Crippen LogP contribution < -0.4 is 14.2 Å². The lowest BCUT2D eigenvalue weighted by Gasteiger charge is -2.27. The van der Waals surface area contributed by atoms with Crippen molar-refractivity contribution in [1.29, 1.82) is 0 Å². The van der Waals surface area contributed by atoms with E-state index in [1.165, 1.54) is 5.56 Å². The summed E-state index contributed by atoms with van der Waals surface area (Å²) in [5, 5.41) is 7.66. The van der Waals surface area contributed by atoms with Crippen LogP contribution in [0.25, 0.3) is 11.3 Å². The molecule has 40 heavy (non-hydrogen) atoms. The number of hydrogen-bond acceptors (Lipinski definition) is 5. The van der Waals surface area contributed by atoms with Gasteiger partial charge in [0.15, 0.2) is 11.5 Å². The molecule has 0 radical (unpaired) electrons. The minimum atomic E-state index is -0.276. The lowest BCUT2D eigenvalue weighted by atomic mass is 9.95. The largest absolute Gasteiger partial charge is 0.494 e. The number of hydrogen-bond donors (Lipinski definition) is 1. The van der Waals surface area contributed by atoms with Crippen LogP contribution in [0.3, 0.4) is 0 Å². The van der Waals surface area contributed by atoms with Crippen LogP contribution in [-0.4, -0.2) is 48.4 Å². The van der Waals surface area contributed by atoms with E-state index in [9.17, 15) is 4.79 Å². The van der Waals surface area contributed by atoms with Crippen molar-refractivity contribution in [3.05, 3.63) is 94.7 Å². The molecule has 0 spiro atoms. The lowest BCUT2D eigenvalue weighted by Crippen LogP contribution is -2.31. The normalized spacial score (nSPS) is 14.5. The van der Waals surface area contributed by atoms with Gasteiger partial charge in [0.25, 0.3) is 5.91 Å². The Kier molecular flexibility index (Phi) is 8.10. The molecule has 5 rings (SSSR count). The summed E-state index contributed by atoms with van der Waals surface area (Å²) in [4.78, 5) is 15.7. The molecular formula is C33H37N3O4. The zero-order valence-electron chi connectivity index (χ0n) is 23.9. The third-order valence-corrected chi connectivity index (χ3v) is 7.44. The molecule has 0 bridgehead atoms. The molecule has 1 aromatic heterocycles. The maximum Gasteiger partial charge on any atom is 0.273 e. The second-order valence-corrected chi connectivity index (χ2v) is 10.7. The number of amides is 1. The molecule has 7 nitrogen and oxygen atoms in total. The molecule has 208 valence electrons. The molecule has 4 aromatic rings. The van der Waals surface area contributed by atoms with Crippen LogP contribution in [0.1, 0.15) is 59.1 Å². The Morgan fingerprint density at radius 2 is 1.68 bits per heavy atom. The van der Waals surface area contributed by atoms with E-state index in [2.05, 4.69) is 67.4 Å². The molecule has 2 heterocycles. The fraction of sp³-hybridized carbons (Fsp3) is 0.333. The second-order valence-electron chi connectivity index (χ2n) is 10.7. The first-order valence-corrected chi connectivity index (χ1v) is 13.8. The van der Waals surface area contributed by atoms with E-state index >= 15 is 0 Å². The Balaban J connectivity index is 1.47. The minimum Gasteiger partial charge on any atom is -0.494 e. The Labute approximate surface area is 236 Å². The summed E-state index contributed by atoms with van der Waals surface area (Å²) in [6.45, 7) is 7.65. The smallest absolute Gasteiger partial charge is 0.273 e. The molecule has 1 unspecified atom stereocenters. The second kappa shape index (κ2) is 11.9. The van der Waals surface area contributed by atoms with Crippen LogP contribution in [-0.2, 0) is 6.42 Å². The molecule has 0 aliphatic carbocycles. The Hall–Kier alpha value is -4.26. The monoisotopic (exact) mass is 539 g/mol. The van der Waals surface area contributed by atoms with Gasteiger partial charge < -0.3 is 19.1 Å². The van der Waals surface area contributed by atoms with E-state index < -0.39 is 0 Å². The first-order valence-electron chi connectivity index (χ1n) is 13.8. The van der Waals surface area contributed by atoms with Gasteiger partial charge in [0.2, 0.25) is 0 Å². The first kappa shape index (κ1) is 27.3. The van der Waals surface area contributed by atoms with Gasteiger partial charge in [-0.15, -0.1) is 0 Å². The maximum atomic E-state index is 13.8. The van der Waals surface area contributed by atoms with Crippen LogP contribution >= 0.6 is 0 Å². The van der Waals surface area contributed by atoms with Crippen molar-refractivity contribution in [3.63, 3.8) is 0 Å². The number of aromatic amines is 1. The maximum absolute atomic E-state index is 13.8. The molecule has 1 aliphatic rings. The topological polar surface area (TPSA) is 76.7 Å². The van der Waals surface area contributed by atoms with Crippen LogP contribution in [0.15, 0.2) is 66.7 Å². The number of nitrogens with one attached hydrogen (secondary N) is 1. The predicted octanol–water partition coefficient (Wildman–Crippen LogP) is 6.62. The molecule has 1 amide bonds.